The third kappa shape index (κ3) is 3.28. The summed E-state index contributed by atoms with van der Waals surface area (Å²) in [6, 6.07) is 5.08. The Morgan fingerprint density at radius 3 is 2.71 bits per heavy atom. The Balaban J connectivity index is 2.17. The van der Waals surface area contributed by atoms with Crippen molar-refractivity contribution in [1.82, 2.24) is 5.32 Å². The van der Waals surface area contributed by atoms with E-state index in [0.29, 0.717) is 18.4 Å². The van der Waals surface area contributed by atoms with Gasteiger partial charge in [-0.1, -0.05) is 34.8 Å². The van der Waals surface area contributed by atoms with Gasteiger partial charge < -0.3 is 10.4 Å². The number of carbonyl (C=O) groups is 2. The van der Waals surface area contributed by atoms with Gasteiger partial charge in [-0.05, 0) is 44.4 Å². The van der Waals surface area contributed by atoms with Crippen molar-refractivity contribution >= 4 is 27.8 Å². The Labute approximate surface area is 133 Å². The number of carboxylic acids is 1. The van der Waals surface area contributed by atoms with Crippen LogP contribution in [-0.4, -0.2) is 23.0 Å². The van der Waals surface area contributed by atoms with Crippen molar-refractivity contribution in [2.24, 2.45) is 5.41 Å². The number of carboxylic acid groups (broad SMARTS) is 1. The molecule has 0 bridgehead atoms. The van der Waals surface area contributed by atoms with Crippen molar-refractivity contribution < 1.29 is 14.7 Å². The van der Waals surface area contributed by atoms with Crippen LogP contribution in [0.3, 0.4) is 0 Å². The highest BCUT2D eigenvalue weighted by Crippen LogP contribution is 2.36. The summed E-state index contributed by atoms with van der Waals surface area (Å²) in [5.74, 6) is -1.05. The van der Waals surface area contributed by atoms with Crippen LogP contribution in [0.1, 0.15) is 48.5 Å². The number of benzene rings is 1. The van der Waals surface area contributed by atoms with E-state index in [9.17, 15) is 14.7 Å². The average Bonchev–Trinajstić information content (AvgIpc) is 2.44. The third-order valence-corrected chi connectivity index (χ3v) is 5.29. The van der Waals surface area contributed by atoms with Gasteiger partial charge in [0.15, 0.2) is 0 Å². The molecule has 21 heavy (non-hydrogen) atoms. The van der Waals surface area contributed by atoms with Crippen LogP contribution in [0.5, 0.6) is 0 Å². The number of carbonyl (C=O) groups excluding carboxylic acids is 1. The van der Waals surface area contributed by atoms with Gasteiger partial charge in [-0.25, -0.2) is 0 Å². The number of halogens is 1. The molecule has 1 fully saturated rings. The Bertz CT molecular complexity index is 573. The van der Waals surface area contributed by atoms with Crippen LogP contribution < -0.4 is 5.32 Å². The van der Waals surface area contributed by atoms with Gasteiger partial charge in [-0.2, -0.15) is 0 Å². The summed E-state index contributed by atoms with van der Waals surface area (Å²) in [6.45, 7) is 3.68. The molecular formula is C16H20BrNO3. The molecule has 4 nitrogen and oxygen atoms in total. The van der Waals surface area contributed by atoms with Crippen LogP contribution in [0.15, 0.2) is 22.7 Å². The zero-order valence-corrected chi connectivity index (χ0v) is 13.9. The van der Waals surface area contributed by atoms with E-state index in [1.54, 1.807) is 19.1 Å². The second kappa shape index (κ2) is 6.18. The molecule has 0 radical (unpaired) electrons. The number of rotatable bonds is 3. The number of amides is 1. The topological polar surface area (TPSA) is 66.4 Å². The normalized spacial score (nSPS) is 25.4. The molecule has 2 atom stereocenters. The van der Waals surface area contributed by atoms with Crippen LogP contribution in [-0.2, 0) is 4.79 Å². The molecule has 0 aliphatic heterocycles. The minimum Gasteiger partial charge on any atom is -0.481 e. The largest absolute Gasteiger partial charge is 0.481 e. The first kappa shape index (κ1) is 16.0. The molecule has 2 unspecified atom stereocenters. The maximum Gasteiger partial charge on any atom is 0.311 e. The van der Waals surface area contributed by atoms with E-state index in [0.717, 1.165) is 22.9 Å². The lowest BCUT2D eigenvalue weighted by Crippen LogP contribution is -2.52. The van der Waals surface area contributed by atoms with Crippen molar-refractivity contribution in [1.29, 1.82) is 0 Å². The van der Waals surface area contributed by atoms with Crippen molar-refractivity contribution in [2.45, 2.75) is 45.6 Å². The second-order valence-electron chi connectivity index (χ2n) is 5.96. The van der Waals surface area contributed by atoms with Gasteiger partial charge in [0.2, 0.25) is 0 Å². The monoisotopic (exact) mass is 353 g/mol. The Morgan fingerprint density at radius 1 is 1.38 bits per heavy atom. The Kier molecular flexibility index (Phi) is 4.71. The first-order valence-electron chi connectivity index (χ1n) is 7.15. The lowest BCUT2D eigenvalue weighted by atomic mass is 9.71. The predicted molar refractivity (Wildman–Crippen MR) is 84.3 cm³/mol. The predicted octanol–water partition coefficient (Wildman–Crippen LogP) is 3.52. The summed E-state index contributed by atoms with van der Waals surface area (Å²) in [6.07, 6.45) is 3.16. The molecule has 1 saturated carbocycles. The molecular weight excluding hydrogens is 334 g/mol. The molecule has 0 heterocycles. The molecule has 5 heteroatoms. The van der Waals surface area contributed by atoms with Gasteiger partial charge in [-0.15, -0.1) is 0 Å². The Hall–Kier alpha value is -1.36. The van der Waals surface area contributed by atoms with E-state index < -0.39 is 11.4 Å². The smallest absolute Gasteiger partial charge is 0.311 e. The molecule has 1 aliphatic rings. The Morgan fingerprint density at radius 2 is 2.10 bits per heavy atom. The number of hydrogen-bond donors (Lipinski definition) is 2. The summed E-state index contributed by atoms with van der Waals surface area (Å²) in [4.78, 5) is 23.9. The van der Waals surface area contributed by atoms with Crippen molar-refractivity contribution in [3.05, 3.63) is 33.8 Å². The summed E-state index contributed by atoms with van der Waals surface area (Å²) in [5.41, 5.74) is 0.723. The van der Waals surface area contributed by atoms with Gasteiger partial charge >= 0.3 is 5.97 Å². The van der Waals surface area contributed by atoms with Gasteiger partial charge in [0, 0.05) is 16.1 Å². The first-order valence-corrected chi connectivity index (χ1v) is 7.94. The van der Waals surface area contributed by atoms with Crippen molar-refractivity contribution in [2.75, 3.05) is 0 Å². The SMILES string of the molecule is Cc1ccc(C(=O)NC2CCCCC2(C)C(=O)O)cc1Br. The number of aryl methyl sites for hydroxylation is 1. The number of hydrogen-bond acceptors (Lipinski definition) is 2. The van der Waals surface area contributed by atoms with E-state index >= 15 is 0 Å². The lowest BCUT2D eigenvalue weighted by Gasteiger charge is -2.38. The average molecular weight is 354 g/mol. The minimum atomic E-state index is -0.879. The maximum atomic E-state index is 12.4. The quantitative estimate of drug-likeness (QED) is 0.873. The van der Waals surface area contributed by atoms with Gasteiger partial charge in [0.25, 0.3) is 5.91 Å². The highest BCUT2D eigenvalue weighted by molar-refractivity contribution is 9.10. The van der Waals surface area contributed by atoms with Gasteiger partial charge in [-0.3, -0.25) is 9.59 Å². The highest BCUT2D eigenvalue weighted by Gasteiger charge is 2.43. The molecule has 2 rings (SSSR count). The van der Waals surface area contributed by atoms with Crippen molar-refractivity contribution in [3.63, 3.8) is 0 Å². The molecule has 1 aliphatic carbocycles. The minimum absolute atomic E-state index is 0.213. The molecule has 0 spiro atoms. The fourth-order valence-corrected chi connectivity index (χ4v) is 3.18. The summed E-state index contributed by atoms with van der Waals surface area (Å²) >= 11 is 3.41. The molecule has 1 aromatic carbocycles. The van der Waals surface area contributed by atoms with Crippen molar-refractivity contribution in [3.8, 4) is 0 Å². The third-order valence-electron chi connectivity index (χ3n) is 4.44. The van der Waals surface area contributed by atoms with Crippen LogP contribution in [0.4, 0.5) is 0 Å². The zero-order chi connectivity index (χ0) is 15.6. The maximum absolute atomic E-state index is 12.4. The summed E-state index contributed by atoms with van der Waals surface area (Å²) in [5, 5.41) is 12.4. The molecule has 114 valence electrons. The molecule has 1 aromatic rings. The van der Waals surface area contributed by atoms with Crippen LogP contribution in [0, 0.1) is 12.3 Å². The number of nitrogens with one attached hydrogen (secondary N) is 1. The first-order chi connectivity index (χ1) is 9.84. The van der Waals surface area contributed by atoms with E-state index in [1.165, 1.54) is 0 Å². The fourth-order valence-electron chi connectivity index (χ4n) is 2.80. The van der Waals surface area contributed by atoms with Crippen LogP contribution in [0.2, 0.25) is 0 Å². The second-order valence-corrected chi connectivity index (χ2v) is 6.81. The lowest BCUT2D eigenvalue weighted by molar-refractivity contribution is -0.151. The van der Waals surface area contributed by atoms with Gasteiger partial charge in [0.05, 0.1) is 5.41 Å². The van der Waals surface area contributed by atoms with E-state index in [2.05, 4.69) is 21.2 Å². The summed E-state index contributed by atoms with van der Waals surface area (Å²) < 4.78 is 0.875. The zero-order valence-electron chi connectivity index (χ0n) is 12.3. The summed E-state index contributed by atoms with van der Waals surface area (Å²) in [7, 11) is 0. The van der Waals surface area contributed by atoms with E-state index in [4.69, 9.17) is 0 Å². The molecule has 1 amide bonds. The number of aliphatic carboxylic acids is 1. The fraction of sp³-hybridized carbons (Fsp3) is 0.500. The molecule has 0 aromatic heterocycles. The van der Waals surface area contributed by atoms with E-state index in [1.807, 2.05) is 13.0 Å². The van der Waals surface area contributed by atoms with Crippen LogP contribution in [0.25, 0.3) is 0 Å². The highest BCUT2D eigenvalue weighted by atomic mass is 79.9. The van der Waals surface area contributed by atoms with Gasteiger partial charge in [0.1, 0.15) is 0 Å². The molecule has 0 saturated heterocycles. The van der Waals surface area contributed by atoms with E-state index in [-0.39, 0.29) is 11.9 Å². The molecule has 2 N–H and O–H groups in total. The van der Waals surface area contributed by atoms with Crippen LogP contribution >= 0.6 is 15.9 Å². The standard InChI is InChI=1S/C16H20BrNO3/c1-10-6-7-11(9-12(10)17)14(19)18-13-5-3-4-8-16(13,2)15(20)21/h6-7,9,13H,3-5,8H2,1-2H3,(H,18,19)(H,20,21).